The summed E-state index contributed by atoms with van der Waals surface area (Å²) in [7, 11) is 0. The SMILES string of the molecule is N#Cc1c(-c2c[nH]c3ccccc23)cc(-c2cc(Cl)ccc2Cl)nc1N. The van der Waals surface area contributed by atoms with Gasteiger partial charge in [-0.1, -0.05) is 41.4 Å². The van der Waals surface area contributed by atoms with Gasteiger partial charge < -0.3 is 10.7 Å². The monoisotopic (exact) mass is 378 g/mol. The third-order valence-corrected chi connectivity index (χ3v) is 4.81. The number of para-hydroxylation sites is 1. The Balaban J connectivity index is 2.02. The van der Waals surface area contributed by atoms with E-state index in [0.29, 0.717) is 32.4 Å². The lowest BCUT2D eigenvalue weighted by atomic mass is 9.98. The number of hydrogen-bond donors (Lipinski definition) is 2. The van der Waals surface area contributed by atoms with Gasteiger partial charge in [0.25, 0.3) is 0 Å². The zero-order valence-electron chi connectivity index (χ0n) is 13.4. The van der Waals surface area contributed by atoms with Crippen LogP contribution in [0.1, 0.15) is 5.56 Å². The number of fused-ring (bicyclic) bond motifs is 1. The Morgan fingerprint density at radius 3 is 2.62 bits per heavy atom. The summed E-state index contributed by atoms with van der Waals surface area (Å²) in [6.07, 6.45) is 1.86. The number of hydrogen-bond acceptors (Lipinski definition) is 3. The highest BCUT2D eigenvalue weighted by Crippen LogP contribution is 2.37. The van der Waals surface area contributed by atoms with Crippen LogP contribution in [0.3, 0.4) is 0 Å². The van der Waals surface area contributed by atoms with Crippen molar-refractivity contribution in [1.82, 2.24) is 9.97 Å². The molecule has 0 unspecified atom stereocenters. The maximum atomic E-state index is 9.60. The van der Waals surface area contributed by atoms with Crippen LogP contribution in [0.25, 0.3) is 33.3 Å². The predicted octanol–water partition coefficient (Wildman–Crippen LogP) is 5.66. The van der Waals surface area contributed by atoms with Crippen molar-refractivity contribution in [3.05, 3.63) is 70.3 Å². The Hall–Kier alpha value is -3.00. The first-order valence-electron chi connectivity index (χ1n) is 7.81. The van der Waals surface area contributed by atoms with Gasteiger partial charge >= 0.3 is 0 Å². The molecule has 0 aliphatic carbocycles. The molecule has 0 atom stereocenters. The minimum Gasteiger partial charge on any atom is -0.383 e. The number of anilines is 1. The fourth-order valence-electron chi connectivity index (χ4n) is 3.02. The average molecular weight is 379 g/mol. The van der Waals surface area contributed by atoms with Crippen molar-refractivity contribution in [3.63, 3.8) is 0 Å². The number of nitriles is 1. The topological polar surface area (TPSA) is 78.5 Å². The molecule has 2 aromatic heterocycles. The lowest BCUT2D eigenvalue weighted by Gasteiger charge is -2.11. The van der Waals surface area contributed by atoms with E-state index in [0.717, 1.165) is 16.5 Å². The molecule has 0 saturated heterocycles. The molecule has 0 aliphatic rings. The largest absolute Gasteiger partial charge is 0.383 e. The van der Waals surface area contributed by atoms with E-state index in [4.69, 9.17) is 28.9 Å². The maximum absolute atomic E-state index is 9.60. The molecule has 126 valence electrons. The summed E-state index contributed by atoms with van der Waals surface area (Å²) in [6.45, 7) is 0. The molecule has 4 rings (SSSR count). The summed E-state index contributed by atoms with van der Waals surface area (Å²) in [5, 5.41) is 11.7. The van der Waals surface area contributed by atoms with Gasteiger partial charge in [0.05, 0.1) is 10.7 Å². The van der Waals surface area contributed by atoms with Gasteiger partial charge in [0.1, 0.15) is 17.5 Å². The molecule has 26 heavy (non-hydrogen) atoms. The Bertz CT molecular complexity index is 1190. The van der Waals surface area contributed by atoms with Crippen LogP contribution in [-0.4, -0.2) is 9.97 Å². The van der Waals surface area contributed by atoms with E-state index in [9.17, 15) is 5.26 Å². The van der Waals surface area contributed by atoms with Gasteiger partial charge in [-0.2, -0.15) is 5.26 Å². The Morgan fingerprint density at radius 1 is 1.00 bits per heavy atom. The van der Waals surface area contributed by atoms with Gasteiger partial charge in [-0.15, -0.1) is 0 Å². The van der Waals surface area contributed by atoms with Crippen molar-refractivity contribution in [1.29, 1.82) is 5.26 Å². The summed E-state index contributed by atoms with van der Waals surface area (Å²) < 4.78 is 0. The molecule has 0 spiro atoms. The summed E-state index contributed by atoms with van der Waals surface area (Å²) >= 11 is 12.4. The van der Waals surface area contributed by atoms with E-state index in [1.54, 1.807) is 18.2 Å². The van der Waals surface area contributed by atoms with E-state index in [1.807, 2.05) is 36.5 Å². The first-order valence-corrected chi connectivity index (χ1v) is 8.56. The maximum Gasteiger partial charge on any atom is 0.142 e. The zero-order chi connectivity index (χ0) is 18.3. The Kier molecular flexibility index (Phi) is 4.04. The second-order valence-electron chi connectivity index (χ2n) is 5.80. The highest BCUT2D eigenvalue weighted by Gasteiger charge is 2.17. The van der Waals surface area contributed by atoms with Gasteiger partial charge in [-0.3, -0.25) is 0 Å². The number of nitrogens with one attached hydrogen (secondary N) is 1. The van der Waals surface area contributed by atoms with Gasteiger partial charge in [-0.05, 0) is 30.3 Å². The van der Waals surface area contributed by atoms with Crippen molar-refractivity contribution in [2.24, 2.45) is 0 Å². The molecule has 0 radical (unpaired) electrons. The zero-order valence-corrected chi connectivity index (χ0v) is 14.9. The van der Waals surface area contributed by atoms with Crippen LogP contribution in [0.5, 0.6) is 0 Å². The molecule has 0 bridgehead atoms. The number of H-pyrrole nitrogens is 1. The van der Waals surface area contributed by atoms with Crippen LogP contribution in [-0.2, 0) is 0 Å². The number of halogens is 2. The lowest BCUT2D eigenvalue weighted by molar-refractivity contribution is 1.31. The minimum atomic E-state index is 0.154. The van der Waals surface area contributed by atoms with E-state index < -0.39 is 0 Å². The summed E-state index contributed by atoms with van der Waals surface area (Å²) in [5.74, 6) is 0.154. The smallest absolute Gasteiger partial charge is 0.142 e. The van der Waals surface area contributed by atoms with E-state index in [1.165, 1.54) is 0 Å². The first kappa shape index (κ1) is 16.5. The predicted molar refractivity (Wildman–Crippen MR) is 106 cm³/mol. The third-order valence-electron chi connectivity index (χ3n) is 4.24. The molecule has 6 heteroatoms. The number of pyridine rings is 1. The van der Waals surface area contributed by atoms with Gasteiger partial charge in [0.2, 0.25) is 0 Å². The van der Waals surface area contributed by atoms with Crippen LogP contribution in [0, 0.1) is 11.3 Å². The van der Waals surface area contributed by atoms with Crippen LogP contribution in [0.2, 0.25) is 10.0 Å². The van der Waals surface area contributed by atoms with Gasteiger partial charge in [0, 0.05) is 38.8 Å². The molecule has 3 N–H and O–H groups in total. The van der Waals surface area contributed by atoms with Crippen LogP contribution in [0.15, 0.2) is 54.7 Å². The Labute approximate surface area is 159 Å². The number of nitrogens with two attached hydrogens (primary N) is 1. The number of aromatic amines is 1. The van der Waals surface area contributed by atoms with Gasteiger partial charge in [0.15, 0.2) is 0 Å². The Morgan fingerprint density at radius 2 is 1.81 bits per heavy atom. The summed E-state index contributed by atoms with van der Waals surface area (Å²) in [6, 6.07) is 17.0. The summed E-state index contributed by atoms with van der Waals surface area (Å²) in [4.78, 5) is 7.59. The van der Waals surface area contributed by atoms with E-state index >= 15 is 0 Å². The highest BCUT2D eigenvalue weighted by molar-refractivity contribution is 6.35. The van der Waals surface area contributed by atoms with Crippen molar-refractivity contribution in [2.45, 2.75) is 0 Å². The molecular weight excluding hydrogens is 367 g/mol. The van der Waals surface area contributed by atoms with E-state index in [2.05, 4.69) is 16.0 Å². The average Bonchev–Trinajstić information content (AvgIpc) is 3.07. The number of rotatable bonds is 2. The number of aromatic nitrogens is 2. The lowest BCUT2D eigenvalue weighted by Crippen LogP contribution is -2.00. The second kappa shape index (κ2) is 6.38. The van der Waals surface area contributed by atoms with Crippen LogP contribution in [0.4, 0.5) is 5.82 Å². The fraction of sp³-hybridized carbons (Fsp3) is 0. The fourth-order valence-corrected chi connectivity index (χ4v) is 3.41. The summed E-state index contributed by atoms with van der Waals surface area (Å²) in [5.41, 5.74) is 10.2. The van der Waals surface area contributed by atoms with Crippen molar-refractivity contribution < 1.29 is 0 Å². The first-order chi connectivity index (χ1) is 12.6. The normalized spacial score (nSPS) is 10.8. The minimum absolute atomic E-state index is 0.154. The molecule has 2 heterocycles. The highest BCUT2D eigenvalue weighted by atomic mass is 35.5. The molecule has 4 nitrogen and oxygen atoms in total. The van der Waals surface area contributed by atoms with Crippen molar-refractivity contribution in [2.75, 3.05) is 5.73 Å². The van der Waals surface area contributed by atoms with Crippen molar-refractivity contribution >= 4 is 39.9 Å². The molecular formula is C20H12Cl2N4. The molecule has 0 aliphatic heterocycles. The molecule has 0 amide bonds. The number of benzene rings is 2. The van der Waals surface area contributed by atoms with E-state index in [-0.39, 0.29) is 5.82 Å². The molecule has 0 saturated carbocycles. The van der Waals surface area contributed by atoms with Crippen molar-refractivity contribution in [3.8, 4) is 28.5 Å². The standard InChI is InChI=1S/C20H12Cl2N4/c21-11-5-6-17(22)14(7-11)19-8-13(15(9-23)20(24)26-19)16-10-25-18-4-2-1-3-12(16)18/h1-8,10,25H,(H2,24,26). The third kappa shape index (κ3) is 2.68. The van der Waals surface area contributed by atoms with Gasteiger partial charge in [-0.25, -0.2) is 4.98 Å². The molecule has 0 fully saturated rings. The molecule has 2 aromatic carbocycles. The van der Waals surface area contributed by atoms with Crippen LogP contribution >= 0.6 is 23.2 Å². The second-order valence-corrected chi connectivity index (χ2v) is 6.64. The quantitative estimate of drug-likeness (QED) is 0.472. The number of nitrogens with zero attached hydrogens (tertiary/aromatic N) is 2. The van der Waals surface area contributed by atoms with Crippen LogP contribution < -0.4 is 5.73 Å². The number of nitrogen functional groups attached to an aromatic ring is 1. The molecule has 4 aromatic rings.